The SMILES string of the molecule is Cc1nccn1CCNC(C)CC1CCCCCN1. The zero-order valence-electron chi connectivity index (χ0n) is 12.4. The van der Waals surface area contributed by atoms with Gasteiger partial charge in [0.15, 0.2) is 0 Å². The highest BCUT2D eigenvalue weighted by atomic mass is 15.1. The highest BCUT2D eigenvalue weighted by molar-refractivity contribution is 4.88. The van der Waals surface area contributed by atoms with E-state index in [9.17, 15) is 0 Å². The molecule has 1 fully saturated rings. The van der Waals surface area contributed by atoms with Crippen LogP contribution in [-0.2, 0) is 6.54 Å². The third-order valence-electron chi connectivity index (χ3n) is 4.07. The van der Waals surface area contributed by atoms with Gasteiger partial charge in [0.2, 0.25) is 0 Å². The number of aryl methyl sites for hydroxylation is 1. The number of hydrogen-bond donors (Lipinski definition) is 2. The summed E-state index contributed by atoms with van der Waals surface area (Å²) in [7, 11) is 0. The van der Waals surface area contributed by atoms with Crippen LogP contribution in [0.1, 0.15) is 44.9 Å². The van der Waals surface area contributed by atoms with Gasteiger partial charge >= 0.3 is 0 Å². The molecular formula is C15H28N4. The van der Waals surface area contributed by atoms with Crippen LogP contribution in [0.2, 0.25) is 0 Å². The van der Waals surface area contributed by atoms with Crippen LogP contribution in [0.3, 0.4) is 0 Å². The molecule has 4 nitrogen and oxygen atoms in total. The molecule has 0 amide bonds. The molecule has 19 heavy (non-hydrogen) atoms. The lowest BCUT2D eigenvalue weighted by molar-refractivity contribution is 0.397. The molecule has 1 aliphatic heterocycles. The van der Waals surface area contributed by atoms with Crippen LogP contribution in [0.25, 0.3) is 0 Å². The van der Waals surface area contributed by atoms with Crippen LogP contribution in [0.4, 0.5) is 0 Å². The number of nitrogens with one attached hydrogen (secondary N) is 2. The number of rotatable bonds is 6. The van der Waals surface area contributed by atoms with Crippen LogP contribution < -0.4 is 10.6 Å². The van der Waals surface area contributed by atoms with Gasteiger partial charge in [-0.3, -0.25) is 0 Å². The van der Waals surface area contributed by atoms with E-state index >= 15 is 0 Å². The Morgan fingerprint density at radius 3 is 3.16 bits per heavy atom. The average molecular weight is 264 g/mol. The van der Waals surface area contributed by atoms with Crippen molar-refractivity contribution in [3.63, 3.8) is 0 Å². The van der Waals surface area contributed by atoms with Crippen molar-refractivity contribution in [1.82, 2.24) is 20.2 Å². The molecule has 0 spiro atoms. The minimum Gasteiger partial charge on any atom is -0.334 e. The zero-order chi connectivity index (χ0) is 13.5. The molecule has 2 rings (SSSR count). The van der Waals surface area contributed by atoms with Crippen molar-refractivity contribution in [2.24, 2.45) is 0 Å². The minimum atomic E-state index is 0.583. The number of imidazole rings is 1. The summed E-state index contributed by atoms with van der Waals surface area (Å²) in [5.41, 5.74) is 0. The first-order valence-corrected chi connectivity index (χ1v) is 7.70. The van der Waals surface area contributed by atoms with Crippen LogP contribution >= 0.6 is 0 Å². The maximum absolute atomic E-state index is 4.24. The Kier molecular flexibility index (Phi) is 5.86. The monoisotopic (exact) mass is 264 g/mol. The second-order valence-electron chi connectivity index (χ2n) is 5.76. The van der Waals surface area contributed by atoms with Gasteiger partial charge in [0.25, 0.3) is 0 Å². The second-order valence-corrected chi connectivity index (χ2v) is 5.76. The molecule has 0 bridgehead atoms. The summed E-state index contributed by atoms with van der Waals surface area (Å²) in [5.74, 6) is 1.10. The third-order valence-corrected chi connectivity index (χ3v) is 4.07. The molecule has 0 aromatic carbocycles. The van der Waals surface area contributed by atoms with E-state index in [1.807, 2.05) is 6.20 Å². The van der Waals surface area contributed by atoms with Crippen molar-refractivity contribution < 1.29 is 0 Å². The van der Waals surface area contributed by atoms with Crippen molar-refractivity contribution in [2.75, 3.05) is 13.1 Å². The molecule has 1 aromatic heterocycles. The Balaban J connectivity index is 1.63. The molecular weight excluding hydrogens is 236 g/mol. The lowest BCUT2D eigenvalue weighted by atomic mass is 10.0. The van der Waals surface area contributed by atoms with Crippen LogP contribution in [-0.4, -0.2) is 34.7 Å². The quantitative estimate of drug-likeness (QED) is 0.827. The number of hydrogen-bond acceptors (Lipinski definition) is 3. The van der Waals surface area contributed by atoms with Gasteiger partial charge in [0.1, 0.15) is 5.82 Å². The molecule has 2 heterocycles. The average Bonchev–Trinajstić information content (AvgIpc) is 2.65. The van der Waals surface area contributed by atoms with Crippen molar-refractivity contribution in [3.05, 3.63) is 18.2 Å². The molecule has 4 heteroatoms. The van der Waals surface area contributed by atoms with Gasteiger partial charge in [0, 0.05) is 37.6 Å². The molecule has 1 aromatic rings. The van der Waals surface area contributed by atoms with E-state index in [-0.39, 0.29) is 0 Å². The first-order chi connectivity index (χ1) is 9.25. The van der Waals surface area contributed by atoms with E-state index < -0.39 is 0 Å². The molecule has 2 unspecified atom stereocenters. The fourth-order valence-electron chi connectivity index (χ4n) is 2.88. The Morgan fingerprint density at radius 1 is 1.47 bits per heavy atom. The minimum absolute atomic E-state index is 0.583. The largest absolute Gasteiger partial charge is 0.334 e. The molecule has 2 atom stereocenters. The smallest absolute Gasteiger partial charge is 0.105 e. The normalized spacial score (nSPS) is 22.1. The number of aromatic nitrogens is 2. The first kappa shape index (κ1) is 14.5. The van der Waals surface area contributed by atoms with E-state index in [1.165, 1.54) is 38.6 Å². The molecule has 0 aliphatic carbocycles. The van der Waals surface area contributed by atoms with Crippen LogP contribution in [0.5, 0.6) is 0 Å². The Bertz CT molecular complexity index is 353. The van der Waals surface area contributed by atoms with Gasteiger partial charge in [-0.05, 0) is 39.7 Å². The summed E-state index contributed by atoms with van der Waals surface area (Å²) in [6.07, 6.45) is 10.6. The van der Waals surface area contributed by atoms with Crippen molar-refractivity contribution in [1.29, 1.82) is 0 Å². The molecule has 108 valence electrons. The third kappa shape index (κ3) is 4.96. The van der Waals surface area contributed by atoms with E-state index in [4.69, 9.17) is 0 Å². The van der Waals surface area contributed by atoms with E-state index in [0.29, 0.717) is 12.1 Å². The summed E-state index contributed by atoms with van der Waals surface area (Å²) in [6.45, 7) is 7.58. The molecule has 0 radical (unpaired) electrons. The lowest BCUT2D eigenvalue weighted by Crippen LogP contribution is -2.37. The second kappa shape index (κ2) is 7.65. The standard InChI is InChI=1S/C15H28N4/c1-13(12-15-6-4-3-5-7-18-15)16-8-10-19-11-9-17-14(19)2/h9,11,13,15-16,18H,3-8,10,12H2,1-2H3. The van der Waals surface area contributed by atoms with Gasteiger partial charge in [-0.15, -0.1) is 0 Å². The Labute approximate surface area is 117 Å². The summed E-state index contributed by atoms with van der Waals surface area (Å²) in [4.78, 5) is 4.24. The maximum atomic E-state index is 4.24. The summed E-state index contributed by atoms with van der Waals surface area (Å²) >= 11 is 0. The molecule has 0 saturated carbocycles. The van der Waals surface area contributed by atoms with Crippen molar-refractivity contribution in [2.45, 2.75) is 64.6 Å². The van der Waals surface area contributed by atoms with Gasteiger partial charge in [-0.2, -0.15) is 0 Å². The van der Waals surface area contributed by atoms with E-state index in [1.54, 1.807) is 0 Å². The van der Waals surface area contributed by atoms with E-state index in [2.05, 4.69) is 40.2 Å². The highest BCUT2D eigenvalue weighted by Gasteiger charge is 2.14. The number of nitrogens with zero attached hydrogens (tertiary/aromatic N) is 2. The Morgan fingerprint density at radius 2 is 2.37 bits per heavy atom. The van der Waals surface area contributed by atoms with Crippen LogP contribution in [0, 0.1) is 6.92 Å². The van der Waals surface area contributed by atoms with Gasteiger partial charge in [0.05, 0.1) is 0 Å². The summed E-state index contributed by atoms with van der Waals surface area (Å²) < 4.78 is 2.20. The lowest BCUT2D eigenvalue weighted by Gasteiger charge is -2.21. The predicted molar refractivity (Wildman–Crippen MR) is 79.3 cm³/mol. The van der Waals surface area contributed by atoms with Gasteiger partial charge < -0.3 is 15.2 Å². The molecule has 1 saturated heterocycles. The summed E-state index contributed by atoms with van der Waals surface area (Å²) in [6, 6.07) is 1.29. The predicted octanol–water partition coefficient (Wildman–Crippen LogP) is 2.09. The van der Waals surface area contributed by atoms with Gasteiger partial charge in [-0.1, -0.05) is 12.8 Å². The first-order valence-electron chi connectivity index (χ1n) is 7.70. The zero-order valence-corrected chi connectivity index (χ0v) is 12.4. The Hall–Kier alpha value is -0.870. The van der Waals surface area contributed by atoms with Gasteiger partial charge in [-0.25, -0.2) is 4.98 Å². The highest BCUT2D eigenvalue weighted by Crippen LogP contribution is 2.12. The molecule has 2 N–H and O–H groups in total. The van der Waals surface area contributed by atoms with E-state index in [0.717, 1.165) is 18.9 Å². The van der Waals surface area contributed by atoms with Crippen molar-refractivity contribution in [3.8, 4) is 0 Å². The fourth-order valence-corrected chi connectivity index (χ4v) is 2.88. The fraction of sp³-hybridized carbons (Fsp3) is 0.800. The maximum Gasteiger partial charge on any atom is 0.105 e. The molecule has 1 aliphatic rings. The topological polar surface area (TPSA) is 41.9 Å². The van der Waals surface area contributed by atoms with Crippen LogP contribution in [0.15, 0.2) is 12.4 Å². The van der Waals surface area contributed by atoms with Crippen molar-refractivity contribution >= 4 is 0 Å². The summed E-state index contributed by atoms with van der Waals surface area (Å²) in [5, 5.41) is 7.30.